The molecule has 8 rings (SSSR count). The van der Waals surface area contributed by atoms with Crippen molar-refractivity contribution in [3.05, 3.63) is 82.1 Å². The number of carbonyl (C=O) groups is 4. The van der Waals surface area contributed by atoms with Crippen molar-refractivity contribution in [1.29, 1.82) is 0 Å². The van der Waals surface area contributed by atoms with Crippen LogP contribution in [0.2, 0.25) is 5.02 Å². The van der Waals surface area contributed by atoms with Gasteiger partial charge in [0.15, 0.2) is 0 Å². The van der Waals surface area contributed by atoms with Crippen molar-refractivity contribution >= 4 is 57.6 Å². The number of nitrogens with zero attached hydrogens (tertiary/aromatic N) is 4. The summed E-state index contributed by atoms with van der Waals surface area (Å²) in [7, 11) is 2.11. The molecule has 4 aliphatic rings. The third-order valence-corrected chi connectivity index (χ3v) is 11.6. The van der Waals surface area contributed by atoms with E-state index in [1.807, 2.05) is 30.3 Å². The molecule has 3 N–H and O–H groups in total. The number of ether oxygens (including phenoxy) is 1. The van der Waals surface area contributed by atoms with Gasteiger partial charge in [0.25, 0.3) is 11.8 Å². The van der Waals surface area contributed by atoms with Gasteiger partial charge in [-0.2, -0.15) is 0 Å². The van der Waals surface area contributed by atoms with Gasteiger partial charge in [-0.3, -0.25) is 29.4 Å². The molecule has 0 aliphatic carbocycles. The first-order chi connectivity index (χ1) is 25.2. The summed E-state index contributed by atoms with van der Waals surface area (Å²) >= 11 is 6.71. The predicted octanol–water partition coefficient (Wildman–Crippen LogP) is 5.68. The second-order valence-corrected chi connectivity index (χ2v) is 14.7. The highest BCUT2D eigenvalue weighted by Crippen LogP contribution is 2.39. The fraction of sp³-hybridized carbons (Fsp3) is 0.410. The topological polar surface area (TPSA) is 140 Å². The number of carbonyl (C=O) groups excluding carboxylic acids is 4. The number of nitrogens with one attached hydrogen (secondary N) is 3. The minimum atomic E-state index is -0.620. The lowest BCUT2D eigenvalue weighted by atomic mass is 9.93. The van der Waals surface area contributed by atoms with Gasteiger partial charge in [0.1, 0.15) is 17.6 Å². The summed E-state index contributed by atoms with van der Waals surface area (Å²) in [4.78, 5) is 64.6. The van der Waals surface area contributed by atoms with E-state index in [9.17, 15) is 19.2 Å². The molecule has 0 spiro atoms. The SMILES string of the molecule is CN1CCC[C@@H]1c1[nH]c2cc(NC(=O)c3ccc(OCCC4CCN(c5cccc6c5CN(C5CCC(=O)NC5=O)C6=O)CC4)cc3)ncc2c1Cl. The van der Waals surface area contributed by atoms with E-state index in [2.05, 4.69) is 43.5 Å². The van der Waals surface area contributed by atoms with Crippen molar-refractivity contribution < 1.29 is 23.9 Å². The molecule has 270 valence electrons. The average molecular weight is 724 g/mol. The van der Waals surface area contributed by atoms with E-state index in [4.69, 9.17) is 16.3 Å². The summed E-state index contributed by atoms with van der Waals surface area (Å²) in [5, 5.41) is 6.81. The Morgan fingerprint density at radius 3 is 2.58 bits per heavy atom. The number of hydrogen-bond acceptors (Lipinski definition) is 8. The van der Waals surface area contributed by atoms with E-state index in [0.29, 0.717) is 53.2 Å². The largest absolute Gasteiger partial charge is 0.494 e. The fourth-order valence-corrected chi connectivity index (χ4v) is 8.54. The second kappa shape index (κ2) is 14.2. The maximum Gasteiger partial charge on any atom is 0.256 e. The molecule has 6 heterocycles. The van der Waals surface area contributed by atoms with Gasteiger partial charge < -0.3 is 24.8 Å². The Balaban J connectivity index is 0.809. The minimum absolute atomic E-state index is 0.148. The molecule has 2 atom stereocenters. The molecule has 12 nitrogen and oxygen atoms in total. The molecular formula is C39H42ClN7O5. The van der Waals surface area contributed by atoms with Crippen molar-refractivity contribution in [1.82, 2.24) is 25.1 Å². The molecule has 0 bridgehead atoms. The summed E-state index contributed by atoms with van der Waals surface area (Å²) in [6.45, 7) is 3.73. The Kier molecular flexibility index (Phi) is 9.35. The maximum atomic E-state index is 13.3. The number of piperidine rings is 2. The van der Waals surface area contributed by atoms with Gasteiger partial charge in [0.05, 0.1) is 28.9 Å². The van der Waals surface area contributed by atoms with Crippen LogP contribution in [0.25, 0.3) is 10.9 Å². The lowest BCUT2D eigenvalue weighted by Gasteiger charge is -2.35. The Hall–Kier alpha value is -4.94. The van der Waals surface area contributed by atoms with Crippen molar-refractivity contribution in [3.63, 3.8) is 0 Å². The van der Waals surface area contributed by atoms with Crippen LogP contribution in [0, 0.1) is 5.92 Å². The van der Waals surface area contributed by atoms with Crippen LogP contribution in [-0.4, -0.2) is 82.7 Å². The smallest absolute Gasteiger partial charge is 0.256 e. The highest BCUT2D eigenvalue weighted by atomic mass is 35.5. The number of imide groups is 1. The molecule has 0 radical (unpaired) electrons. The van der Waals surface area contributed by atoms with E-state index < -0.39 is 11.9 Å². The normalized spacial score (nSPS) is 21.2. The molecule has 4 aromatic rings. The number of benzene rings is 2. The van der Waals surface area contributed by atoms with Crippen LogP contribution in [0.1, 0.15) is 83.0 Å². The molecule has 2 aromatic carbocycles. The first kappa shape index (κ1) is 34.2. The second-order valence-electron chi connectivity index (χ2n) is 14.4. The summed E-state index contributed by atoms with van der Waals surface area (Å²) in [5.74, 6) is 0.590. The number of halogens is 1. The Morgan fingerprint density at radius 2 is 1.83 bits per heavy atom. The first-order valence-electron chi connectivity index (χ1n) is 18.2. The number of likely N-dealkylation sites (tertiary alicyclic amines) is 1. The molecule has 52 heavy (non-hydrogen) atoms. The third kappa shape index (κ3) is 6.61. The minimum Gasteiger partial charge on any atom is -0.494 e. The van der Waals surface area contributed by atoms with Crippen molar-refractivity contribution in [2.75, 3.05) is 43.5 Å². The van der Waals surface area contributed by atoms with Gasteiger partial charge in [-0.05, 0) is 94.4 Å². The zero-order valence-corrected chi connectivity index (χ0v) is 29.9. The van der Waals surface area contributed by atoms with Gasteiger partial charge in [-0.25, -0.2) is 4.98 Å². The molecule has 0 saturated carbocycles. The summed E-state index contributed by atoms with van der Waals surface area (Å²) in [6, 6.07) is 14.4. The van der Waals surface area contributed by atoms with Gasteiger partial charge in [0, 0.05) is 66.1 Å². The molecule has 2 aromatic heterocycles. The van der Waals surface area contributed by atoms with Crippen LogP contribution in [0.15, 0.2) is 54.7 Å². The fourth-order valence-electron chi connectivity index (χ4n) is 8.21. The lowest BCUT2D eigenvalue weighted by molar-refractivity contribution is -0.136. The van der Waals surface area contributed by atoms with E-state index in [-0.39, 0.29) is 30.2 Å². The van der Waals surface area contributed by atoms with E-state index in [1.165, 1.54) is 0 Å². The van der Waals surface area contributed by atoms with Crippen molar-refractivity contribution in [2.45, 2.75) is 63.6 Å². The number of pyridine rings is 1. The number of amides is 4. The summed E-state index contributed by atoms with van der Waals surface area (Å²) in [6.07, 6.45) is 7.41. The number of H-pyrrole nitrogens is 1. The maximum absolute atomic E-state index is 13.3. The van der Waals surface area contributed by atoms with Crippen LogP contribution in [0.3, 0.4) is 0 Å². The number of fused-ring (bicyclic) bond motifs is 2. The Bertz CT molecular complexity index is 2040. The van der Waals surface area contributed by atoms with E-state index in [0.717, 1.165) is 79.6 Å². The standard InChI is InChI=1S/C39H42ClN7O5/c1-45-16-3-6-31(45)36-35(40)27-21-41-33(20-29(27)42-36)43-37(49)24-7-9-25(10-8-24)52-19-15-23-13-17-46(18-14-23)30-5-2-4-26-28(30)22-47(39(26)51)32-11-12-34(48)44-38(32)50/h2,4-5,7-10,20-21,23,31-32,42H,3,6,11-19,22H2,1H3,(H,41,43,49)(H,44,48,50)/t31-,32?/m1/s1. The van der Waals surface area contributed by atoms with E-state index in [1.54, 1.807) is 23.2 Å². The number of aromatic nitrogens is 2. The first-order valence-corrected chi connectivity index (χ1v) is 18.5. The highest BCUT2D eigenvalue weighted by molar-refractivity contribution is 6.36. The van der Waals surface area contributed by atoms with Crippen LogP contribution in [0.5, 0.6) is 5.75 Å². The molecule has 3 fully saturated rings. The van der Waals surface area contributed by atoms with Crippen LogP contribution in [0.4, 0.5) is 11.5 Å². The van der Waals surface area contributed by atoms with Crippen LogP contribution >= 0.6 is 11.6 Å². The Labute approximate surface area is 306 Å². The molecule has 1 unspecified atom stereocenters. The zero-order valence-electron chi connectivity index (χ0n) is 29.1. The van der Waals surface area contributed by atoms with Gasteiger partial charge in [0.2, 0.25) is 11.8 Å². The Morgan fingerprint density at radius 1 is 1.02 bits per heavy atom. The number of hydrogen-bond donors (Lipinski definition) is 3. The van der Waals surface area contributed by atoms with Crippen LogP contribution < -0.4 is 20.3 Å². The molecule has 13 heteroatoms. The molecule has 4 amide bonds. The quantitative estimate of drug-likeness (QED) is 0.188. The van der Waals surface area contributed by atoms with Crippen LogP contribution in [-0.2, 0) is 16.1 Å². The summed E-state index contributed by atoms with van der Waals surface area (Å²) in [5.41, 5.74) is 5.00. The van der Waals surface area contributed by atoms with Gasteiger partial charge >= 0.3 is 0 Å². The molecular weight excluding hydrogens is 682 g/mol. The summed E-state index contributed by atoms with van der Waals surface area (Å²) < 4.78 is 6.07. The number of anilines is 2. The van der Waals surface area contributed by atoms with Crippen molar-refractivity contribution in [2.24, 2.45) is 5.92 Å². The lowest BCUT2D eigenvalue weighted by Crippen LogP contribution is -2.52. The van der Waals surface area contributed by atoms with E-state index >= 15 is 0 Å². The number of aromatic amines is 1. The molecule has 4 aliphatic heterocycles. The highest BCUT2D eigenvalue weighted by Gasteiger charge is 2.40. The monoisotopic (exact) mass is 723 g/mol. The molecule has 3 saturated heterocycles. The zero-order chi connectivity index (χ0) is 35.9. The van der Waals surface area contributed by atoms with Gasteiger partial charge in [-0.1, -0.05) is 17.7 Å². The third-order valence-electron chi connectivity index (χ3n) is 11.2. The van der Waals surface area contributed by atoms with Gasteiger partial charge in [-0.15, -0.1) is 0 Å². The van der Waals surface area contributed by atoms with Crippen molar-refractivity contribution in [3.8, 4) is 5.75 Å². The predicted molar refractivity (Wildman–Crippen MR) is 198 cm³/mol. The number of rotatable bonds is 9. The average Bonchev–Trinajstić information content (AvgIpc) is 3.82.